The van der Waals surface area contributed by atoms with Crippen LogP contribution in [0.1, 0.15) is 32.2 Å². The zero-order valence-electron chi connectivity index (χ0n) is 13.4. The highest BCUT2D eigenvalue weighted by atomic mass is 15.1. The molecule has 0 saturated carbocycles. The number of para-hydroxylation sites is 1. The number of benzene rings is 1. The van der Waals surface area contributed by atoms with Gasteiger partial charge in [0.2, 0.25) is 0 Å². The van der Waals surface area contributed by atoms with E-state index in [-0.39, 0.29) is 5.54 Å². The number of nitrogens with zero attached hydrogens (tertiary/aromatic N) is 2. The van der Waals surface area contributed by atoms with Crippen LogP contribution >= 0.6 is 0 Å². The van der Waals surface area contributed by atoms with Gasteiger partial charge in [0.05, 0.1) is 17.9 Å². The number of hydrogen-bond donors (Lipinski definition) is 1. The Kier molecular flexibility index (Phi) is 4.97. The molecule has 3 nitrogen and oxygen atoms in total. The zero-order chi connectivity index (χ0) is 15.3. The maximum Gasteiger partial charge on any atom is 0.0600 e. The minimum Gasteiger partial charge on any atom is -0.369 e. The van der Waals surface area contributed by atoms with Gasteiger partial charge in [-0.15, -0.1) is 0 Å². The fraction of sp³-hybridized carbons (Fsp3) is 0.389. The van der Waals surface area contributed by atoms with E-state index in [2.05, 4.69) is 80.5 Å². The lowest BCUT2D eigenvalue weighted by Crippen LogP contribution is -2.35. The van der Waals surface area contributed by atoms with Crippen molar-refractivity contribution in [1.82, 2.24) is 10.3 Å². The van der Waals surface area contributed by atoms with Gasteiger partial charge in [0.25, 0.3) is 0 Å². The highest BCUT2D eigenvalue weighted by molar-refractivity contribution is 5.45. The number of anilines is 1. The van der Waals surface area contributed by atoms with Crippen LogP contribution in [0.15, 0.2) is 48.5 Å². The predicted octanol–water partition coefficient (Wildman–Crippen LogP) is 3.61. The summed E-state index contributed by atoms with van der Waals surface area (Å²) in [5.74, 6) is 0. The molecule has 0 atom stereocenters. The number of hydrogen-bond acceptors (Lipinski definition) is 3. The topological polar surface area (TPSA) is 28.2 Å². The third-order valence-electron chi connectivity index (χ3n) is 3.26. The minimum atomic E-state index is 0.110. The van der Waals surface area contributed by atoms with Crippen molar-refractivity contribution in [3.8, 4) is 0 Å². The zero-order valence-corrected chi connectivity index (χ0v) is 13.4. The van der Waals surface area contributed by atoms with Crippen molar-refractivity contribution in [2.75, 3.05) is 11.9 Å². The molecule has 0 unspecified atom stereocenters. The van der Waals surface area contributed by atoms with Crippen molar-refractivity contribution < 1.29 is 0 Å². The number of pyridine rings is 1. The molecule has 2 rings (SSSR count). The molecular weight excluding hydrogens is 258 g/mol. The lowest BCUT2D eigenvalue weighted by Gasteiger charge is -2.21. The van der Waals surface area contributed by atoms with Crippen LogP contribution < -0.4 is 10.2 Å². The molecule has 1 aromatic heterocycles. The van der Waals surface area contributed by atoms with Crippen LogP contribution in [-0.4, -0.2) is 17.6 Å². The molecule has 0 fully saturated rings. The predicted molar refractivity (Wildman–Crippen MR) is 89.4 cm³/mol. The van der Waals surface area contributed by atoms with Crippen molar-refractivity contribution in [3.05, 3.63) is 59.9 Å². The van der Waals surface area contributed by atoms with Gasteiger partial charge in [-0.25, -0.2) is 0 Å². The van der Waals surface area contributed by atoms with Crippen LogP contribution in [0.25, 0.3) is 0 Å². The first kappa shape index (κ1) is 15.5. The van der Waals surface area contributed by atoms with Gasteiger partial charge in [-0.1, -0.05) is 24.3 Å². The summed E-state index contributed by atoms with van der Waals surface area (Å²) in [4.78, 5) is 6.95. The normalized spacial score (nSPS) is 11.4. The quantitative estimate of drug-likeness (QED) is 0.908. The maximum absolute atomic E-state index is 4.74. The highest BCUT2D eigenvalue weighted by Gasteiger charge is 2.09. The lowest BCUT2D eigenvalue weighted by atomic mass is 10.1. The molecule has 0 bridgehead atoms. The van der Waals surface area contributed by atoms with Crippen molar-refractivity contribution in [2.45, 2.75) is 39.4 Å². The van der Waals surface area contributed by atoms with Gasteiger partial charge in [-0.05, 0) is 45.0 Å². The second-order valence-corrected chi connectivity index (χ2v) is 6.42. The molecule has 0 saturated heterocycles. The Balaban J connectivity index is 2.01. The summed E-state index contributed by atoms with van der Waals surface area (Å²) in [6.45, 7) is 8.11. The van der Waals surface area contributed by atoms with E-state index in [1.54, 1.807) is 0 Å². The first-order valence-corrected chi connectivity index (χ1v) is 7.40. The summed E-state index contributed by atoms with van der Waals surface area (Å²) in [6, 6.07) is 16.6. The van der Waals surface area contributed by atoms with Crippen LogP contribution in [0.5, 0.6) is 0 Å². The Morgan fingerprint density at radius 3 is 2.29 bits per heavy atom. The Labute approximate surface area is 128 Å². The fourth-order valence-corrected chi connectivity index (χ4v) is 2.09. The monoisotopic (exact) mass is 283 g/mol. The van der Waals surface area contributed by atoms with E-state index in [9.17, 15) is 0 Å². The minimum absolute atomic E-state index is 0.110. The van der Waals surface area contributed by atoms with Crippen LogP contribution in [0.3, 0.4) is 0 Å². The molecule has 1 aromatic carbocycles. The van der Waals surface area contributed by atoms with Crippen LogP contribution in [0, 0.1) is 0 Å². The Morgan fingerprint density at radius 1 is 0.952 bits per heavy atom. The molecule has 0 spiro atoms. The Hall–Kier alpha value is -1.87. The van der Waals surface area contributed by atoms with Crippen LogP contribution in [-0.2, 0) is 13.1 Å². The van der Waals surface area contributed by atoms with Gasteiger partial charge in [0.15, 0.2) is 0 Å². The molecule has 0 aliphatic heterocycles. The SMILES string of the molecule is CN(Cc1cccc(CNC(C)(C)C)n1)c1ccccc1. The van der Waals surface area contributed by atoms with E-state index in [4.69, 9.17) is 4.98 Å². The third kappa shape index (κ3) is 5.20. The van der Waals surface area contributed by atoms with E-state index in [0.717, 1.165) is 24.5 Å². The standard InChI is InChI=1S/C18H25N3/c1-18(2,3)19-13-15-9-8-10-16(20-15)14-21(4)17-11-6-5-7-12-17/h5-12,19H,13-14H2,1-4H3. The van der Waals surface area contributed by atoms with Gasteiger partial charge in [0, 0.05) is 24.8 Å². The van der Waals surface area contributed by atoms with E-state index in [1.165, 1.54) is 5.69 Å². The largest absolute Gasteiger partial charge is 0.369 e. The van der Waals surface area contributed by atoms with Gasteiger partial charge in [-0.3, -0.25) is 4.98 Å². The number of nitrogens with one attached hydrogen (secondary N) is 1. The Morgan fingerprint density at radius 2 is 1.62 bits per heavy atom. The number of rotatable bonds is 5. The number of aromatic nitrogens is 1. The van der Waals surface area contributed by atoms with Crippen LogP contribution in [0.4, 0.5) is 5.69 Å². The summed E-state index contributed by atoms with van der Waals surface area (Å²) >= 11 is 0. The summed E-state index contributed by atoms with van der Waals surface area (Å²) in [5.41, 5.74) is 3.49. The van der Waals surface area contributed by atoms with Gasteiger partial charge >= 0.3 is 0 Å². The highest BCUT2D eigenvalue weighted by Crippen LogP contribution is 2.14. The van der Waals surface area contributed by atoms with Crippen molar-refractivity contribution >= 4 is 5.69 Å². The van der Waals surface area contributed by atoms with Crippen molar-refractivity contribution in [3.63, 3.8) is 0 Å². The molecule has 21 heavy (non-hydrogen) atoms. The molecule has 0 aliphatic rings. The molecule has 112 valence electrons. The van der Waals surface area contributed by atoms with E-state index >= 15 is 0 Å². The molecule has 2 aromatic rings. The van der Waals surface area contributed by atoms with E-state index in [0.29, 0.717) is 0 Å². The molecule has 1 heterocycles. The second kappa shape index (κ2) is 6.72. The summed E-state index contributed by atoms with van der Waals surface area (Å²) in [7, 11) is 2.09. The average Bonchev–Trinajstić information content (AvgIpc) is 2.46. The maximum atomic E-state index is 4.74. The van der Waals surface area contributed by atoms with E-state index < -0.39 is 0 Å². The van der Waals surface area contributed by atoms with Crippen molar-refractivity contribution in [1.29, 1.82) is 0 Å². The molecule has 3 heteroatoms. The molecule has 0 radical (unpaired) electrons. The molecule has 1 N–H and O–H groups in total. The van der Waals surface area contributed by atoms with Gasteiger partial charge in [-0.2, -0.15) is 0 Å². The second-order valence-electron chi connectivity index (χ2n) is 6.42. The fourth-order valence-electron chi connectivity index (χ4n) is 2.09. The summed E-state index contributed by atoms with van der Waals surface area (Å²) < 4.78 is 0. The Bertz CT molecular complexity index is 558. The first-order chi connectivity index (χ1) is 9.94. The average molecular weight is 283 g/mol. The smallest absolute Gasteiger partial charge is 0.0600 e. The lowest BCUT2D eigenvalue weighted by molar-refractivity contribution is 0.421. The molecule has 0 aliphatic carbocycles. The summed E-state index contributed by atoms with van der Waals surface area (Å²) in [5, 5.41) is 3.47. The van der Waals surface area contributed by atoms with E-state index in [1.807, 2.05) is 6.07 Å². The summed E-state index contributed by atoms with van der Waals surface area (Å²) in [6.07, 6.45) is 0. The van der Waals surface area contributed by atoms with Gasteiger partial charge in [0.1, 0.15) is 0 Å². The third-order valence-corrected chi connectivity index (χ3v) is 3.26. The van der Waals surface area contributed by atoms with Crippen LogP contribution in [0.2, 0.25) is 0 Å². The first-order valence-electron chi connectivity index (χ1n) is 7.40. The molecular formula is C18H25N3. The van der Waals surface area contributed by atoms with Gasteiger partial charge < -0.3 is 10.2 Å². The molecule has 0 amide bonds. The van der Waals surface area contributed by atoms with Crippen molar-refractivity contribution in [2.24, 2.45) is 0 Å².